The maximum Gasteiger partial charge on any atom is 0.272 e. The summed E-state index contributed by atoms with van der Waals surface area (Å²) in [4.78, 5) is 11.0. The molecule has 3 aliphatic rings. The Balaban J connectivity index is 1.22. The molecule has 3 fully saturated rings. The van der Waals surface area contributed by atoms with Crippen LogP contribution in [-0.4, -0.2) is 80.3 Å². The Labute approximate surface area is 206 Å². The fourth-order valence-electron chi connectivity index (χ4n) is 5.57. The van der Waals surface area contributed by atoms with Crippen molar-refractivity contribution >= 4 is 22.5 Å². The molecule has 2 aliphatic heterocycles. The molecule has 0 amide bonds. The molecule has 8 nitrogen and oxygen atoms in total. The van der Waals surface area contributed by atoms with E-state index in [9.17, 15) is 13.9 Å². The minimum Gasteiger partial charge on any atom is -0.389 e. The van der Waals surface area contributed by atoms with E-state index in [-0.39, 0.29) is 24.9 Å². The number of piperidine rings is 1. The molecule has 3 aromatic rings. The van der Waals surface area contributed by atoms with Gasteiger partial charge in [-0.15, -0.1) is 0 Å². The summed E-state index contributed by atoms with van der Waals surface area (Å²) in [6, 6.07) is 2.85. The highest BCUT2D eigenvalue weighted by Gasteiger charge is 2.59. The number of benzene rings is 1. The van der Waals surface area contributed by atoms with E-state index in [4.69, 9.17) is 4.74 Å². The average molecular weight is 503 g/mol. The van der Waals surface area contributed by atoms with Crippen LogP contribution in [0.15, 0.2) is 24.5 Å². The van der Waals surface area contributed by atoms with E-state index in [1.165, 1.54) is 10.9 Å². The summed E-state index contributed by atoms with van der Waals surface area (Å²) in [5.74, 6) is -2.65. The largest absolute Gasteiger partial charge is 0.389 e. The van der Waals surface area contributed by atoms with Crippen LogP contribution in [0.3, 0.4) is 0 Å². The number of halogens is 3. The first-order valence-corrected chi connectivity index (χ1v) is 12.3. The third-order valence-corrected chi connectivity index (χ3v) is 7.81. The monoisotopic (exact) mass is 502 g/mol. The van der Waals surface area contributed by atoms with Crippen LogP contribution in [0.5, 0.6) is 0 Å². The van der Waals surface area contributed by atoms with E-state index in [2.05, 4.69) is 20.4 Å². The molecule has 1 aliphatic carbocycles. The molecule has 5 atom stereocenters. The SMILES string of the molecule is Cc1cc2cnc(Nc3cnn(C4CC4(F)F)c3C)nc2cc1[C@@H]1CCN([C@H]2COC[C@H]2O)C[C@H]1F. The number of likely N-dealkylation sites (tertiary alicyclic amines) is 1. The Bertz CT molecular complexity index is 1300. The lowest BCUT2D eigenvalue weighted by Crippen LogP contribution is -2.50. The minimum atomic E-state index is -2.71. The highest BCUT2D eigenvalue weighted by molar-refractivity contribution is 5.81. The summed E-state index contributed by atoms with van der Waals surface area (Å²) < 4.78 is 49.1. The van der Waals surface area contributed by atoms with Crippen molar-refractivity contribution in [2.45, 2.75) is 62.9 Å². The smallest absolute Gasteiger partial charge is 0.272 e. The van der Waals surface area contributed by atoms with Crippen LogP contribution in [0.4, 0.5) is 24.8 Å². The highest BCUT2D eigenvalue weighted by Crippen LogP contribution is 2.53. The second kappa shape index (κ2) is 8.67. The molecule has 6 rings (SSSR count). The number of aryl methyl sites for hydroxylation is 1. The zero-order valence-corrected chi connectivity index (χ0v) is 20.2. The lowest BCUT2D eigenvalue weighted by molar-refractivity contribution is 0.0352. The lowest BCUT2D eigenvalue weighted by atomic mass is 9.84. The number of fused-ring (bicyclic) bond motifs is 1. The van der Waals surface area contributed by atoms with Gasteiger partial charge in [-0.2, -0.15) is 5.10 Å². The zero-order valence-electron chi connectivity index (χ0n) is 20.2. The molecule has 1 unspecified atom stereocenters. The van der Waals surface area contributed by atoms with Crippen molar-refractivity contribution in [3.8, 4) is 0 Å². The molecule has 2 N–H and O–H groups in total. The molecule has 2 saturated heterocycles. The van der Waals surface area contributed by atoms with Gasteiger partial charge in [0.25, 0.3) is 5.92 Å². The molecule has 0 radical (unpaired) electrons. The number of nitrogens with zero attached hydrogens (tertiary/aromatic N) is 5. The van der Waals surface area contributed by atoms with Crippen molar-refractivity contribution in [2.75, 3.05) is 31.6 Å². The van der Waals surface area contributed by atoms with Crippen molar-refractivity contribution in [2.24, 2.45) is 0 Å². The summed E-state index contributed by atoms with van der Waals surface area (Å²) in [6.45, 7) is 5.38. The average Bonchev–Trinajstić information content (AvgIpc) is 3.12. The first-order valence-electron chi connectivity index (χ1n) is 12.3. The van der Waals surface area contributed by atoms with Gasteiger partial charge in [0.1, 0.15) is 12.2 Å². The predicted molar refractivity (Wildman–Crippen MR) is 128 cm³/mol. The van der Waals surface area contributed by atoms with Crippen LogP contribution in [-0.2, 0) is 4.74 Å². The number of alkyl halides is 3. The number of aliphatic hydroxyl groups excluding tert-OH is 1. The molecule has 11 heteroatoms. The van der Waals surface area contributed by atoms with Gasteiger partial charge in [-0.25, -0.2) is 23.1 Å². The Morgan fingerprint density at radius 3 is 2.69 bits per heavy atom. The highest BCUT2D eigenvalue weighted by atomic mass is 19.3. The fourth-order valence-corrected chi connectivity index (χ4v) is 5.57. The van der Waals surface area contributed by atoms with Gasteiger partial charge in [0, 0.05) is 30.5 Å². The summed E-state index contributed by atoms with van der Waals surface area (Å²) >= 11 is 0. The quantitative estimate of drug-likeness (QED) is 0.551. The molecule has 0 spiro atoms. The molecule has 36 heavy (non-hydrogen) atoms. The van der Waals surface area contributed by atoms with Gasteiger partial charge >= 0.3 is 0 Å². The molecule has 2 aromatic heterocycles. The van der Waals surface area contributed by atoms with E-state index in [0.717, 1.165) is 16.5 Å². The van der Waals surface area contributed by atoms with Gasteiger partial charge < -0.3 is 15.2 Å². The second-order valence-electron chi connectivity index (χ2n) is 10.2. The lowest BCUT2D eigenvalue weighted by Gasteiger charge is -2.39. The summed E-state index contributed by atoms with van der Waals surface area (Å²) in [5.41, 5.74) is 3.75. The van der Waals surface area contributed by atoms with Gasteiger partial charge in [0.05, 0.1) is 48.5 Å². The van der Waals surface area contributed by atoms with Gasteiger partial charge in [0.15, 0.2) is 0 Å². The number of anilines is 2. The zero-order chi connectivity index (χ0) is 25.2. The van der Waals surface area contributed by atoms with E-state index in [1.54, 1.807) is 13.1 Å². The molecule has 1 aromatic carbocycles. The Morgan fingerprint density at radius 1 is 1.19 bits per heavy atom. The van der Waals surface area contributed by atoms with Gasteiger partial charge in [-0.05, 0) is 50.1 Å². The topological polar surface area (TPSA) is 88.3 Å². The van der Waals surface area contributed by atoms with Gasteiger partial charge in [-0.3, -0.25) is 9.58 Å². The van der Waals surface area contributed by atoms with E-state index in [1.807, 2.05) is 24.0 Å². The molecule has 192 valence electrons. The standard InChI is InChI=1S/C25H29F3N6O2/c1-13-5-15-8-29-24(32-20-9-30-34(14(20)2)23-7-25(23,27)28)31-19(15)6-17(13)16-3-4-33(10-18(16)26)21-11-36-12-22(21)35/h5-6,8-9,16,18,21-23,35H,3-4,7,10-12H2,1-2H3,(H,29,31,32)/t16-,18+,21-,22+,23?/m0/s1. The Kier molecular flexibility index (Phi) is 5.69. The van der Waals surface area contributed by atoms with Crippen LogP contribution in [0.25, 0.3) is 10.9 Å². The number of hydrogen-bond acceptors (Lipinski definition) is 7. The fraction of sp³-hybridized carbons (Fsp3) is 0.560. The number of hydrogen-bond donors (Lipinski definition) is 2. The molecule has 1 saturated carbocycles. The number of aromatic nitrogens is 4. The van der Waals surface area contributed by atoms with Gasteiger partial charge in [-0.1, -0.05) is 0 Å². The maximum absolute atomic E-state index is 15.4. The van der Waals surface area contributed by atoms with Crippen LogP contribution in [0.1, 0.15) is 41.6 Å². The minimum absolute atomic E-state index is 0.151. The normalized spacial score (nSPS) is 30.1. The maximum atomic E-state index is 15.4. The molecule has 4 heterocycles. The van der Waals surface area contributed by atoms with Crippen LogP contribution in [0.2, 0.25) is 0 Å². The number of ether oxygens (including phenoxy) is 1. The third kappa shape index (κ3) is 4.12. The Morgan fingerprint density at radius 2 is 2.00 bits per heavy atom. The number of aliphatic hydroxyl groups is 1. The molecule has 0 bridgehead atoms. The summed E-state index contributed by atoms with van der Waals surface area (Å²) in [5, 5.41) is 18.2. The first-order chi connectivity index (χ1) is 17.2. The number of rotatable bonds is 5. The number of nitrogens with one attached hydrogen (secondary N) is 1. The predicted octanol–water partition coefficient (Wildman–Crippen LogP) is 3.65. The van der Waals surface area contributed by atoms with Crippen molar-refractivity contribution in [1.82, 2.24) is 24.6 Å². The Hall–Kier alpha value is -2.76. The van der Waals surface area contributed by atoms with E-state index in [0.29, 0.717) is 49.0 Å². The van der Waals surface area contributed by atoms with Crippen molar-refractivity contribution in [1.29, 1.82) is 0 Å². The molecular formula is C25H29F3N6O2. The van der Waals surface area contributed by atoms with Gasteiger partial charge in [0.2, 0.25) is 5.95 Å². The van der Waals surface area contributed by atoms with Crippen LogP contribution in [0, 0.1) is 13.8 Å². The third-order valence-electron chi connectivity index (χ3n) is 7.81. The van der Waals surface area contributed by atoms with E-state index < -0.39 is 24.2 Å². The van der Waals surface area contributed by atoms with Crippen molar-refractivity contribution < 1.29 is 23.0 Å². The van der Waals surface area contributed by atoms with Crippen molar-refractivity contribution in [3.05, 3.63) is 41.3 Å². The van der Waals surface area contributed by atoms with Crippen LogP contribution < -0.4 is 5.32 Å². The molecular weight excluding hydrogens is 473 g/mol. The van der Waals surface area contributed by atoms with Crippen LogP contribution >= 0.6 is 0 Å². The first kappa shape index (κ1) is 23.6. The summed E-state index contributed by atoms with van der Waals surface area (Å²) in [7, 11) is 0. The summed E-state index contributed by atoms with van der Waals surface area (Å²) in [6.07, 6.45) is 2.00. The van der Waals surface area contributed by atoms with Crippen molar-refractivity contribution in [3.63, 3.8) is 0 Å². The second-order valence-corrected chi connectivity index (χ2v) is 10.2. The van der Waals surface area contributed by atoms with E-state index >= 15 is 4.39 Å².